The van der Waals surface area contributed by atoms with E-state index in [1.165, 1.54) is 24.6 Å². The Hall–Kier alpha value is -4.02. The van der Waals surface area contributed by atoms with Crippen molar-refractivity contribution in [1.29, 1.82) is 0 Å². The second kappa shape index (κ2) is 8.49. The van der Waals surface area contributed by atoms with Gasteiger partial charge < -0.3 is 14.0 Å². The van der Waals surface area contributed by atoms with Crippen molar-refractivity contribution in [3.8, 4) is 17.0 Å². The molecule has 1 atom stereocenters. The van der Waals surface area contributed by atoms with Crippen molar-refractivity contribution in [2.75, 3.05) is 29.5 Å². The predicted octanol–water partition coefficient (Wildman–Crippen LogP) is 3.55. The van der Waals surface area contributed by atoms with Crippen LogP contribution in [-0.4, -0.2) is 47.9 Å². The summed E-state index contributed by atoms with van der Waals surface area (Å²) in [7, 11) is 0. The fourth-order valence-electron chi connectivity index (χ4n) is 3.85. The summed E-state index contributed by atoms with van der Waals surface area (Å²) in [5.74, 6) is -1.06. The van der Waals surface area contributed by atoms with Gasteiger partial charge in [-0.3, -0.25) is 14.6 Å². The summed E-state index contributed by atoms with van der Waals surface area (Å²) in [6.07, 6.45) is 2.48. The molecule has 2 amide bonds. The minimum atomic E-state index is -0.855. The average Bonchev–Trinajstić information content (AvgIpc) is 3.54. The number of hydrogen-bond acceptors (Lipinski definition) is 7. The van der Waals surface area contributed by atoms with Crippen LogP contribution in [0.15, 0.2) is 47.3 Å². The molecule has 11 heteroatoms. The SMILES string of the molecule is O=C1OC(COc2ccon2)CN1c1cc(F)c(-c2ccc(N3CCCC3=O)nc2)c(F)c1. The first-order valence-electron chi connectivity index (χ1n) is 10.3. The van der Waals surface area contributed by atoms with Crippen LogP contribution in [-0.2, 0) is 9.53 Å². The minimum Gasteiger partial charge on any atom is -0.471 e. The molecule has 170 valence electrons. The molecule has 3 aromatic rings. The molecule has 4 heterocycles. The number of pyridine rings is 1. The topological polar surface area (TPSA) is 98.0 Å². The zero-order valence-electron chi connectivity index (χ0n) is 17.2. The summed E-state index contributed by atoms with van der Waals surface area (Å²) < 4.78 is 45.0. The van der Waals surface area contributed by atoms with E-state index >= 15 is 0 Å². The lowest BCUT2D eigenvalue weighted by Crippen LogP contribution is -2.27. The summed E-state index contributed by atoms with van der Waals surface area (Å²) in [6, 6.07) is 6.71. The van der Waals surface area contributed by atoms with Crippen LogP contribution in [0.4, 0.5) is 25.1 Å². The quantitative estimate of drug-likeness (QED) is 0.560. The molecule has 0 aliphatic carbocycles. The van der Waals surface area contributed by atoms with Gasteiger partial charge >= 0.3 is 6.09 Å². The van der Waals surface area contributed by atoms with E-state index < -0.39 is 23.8 Å². The molecule has 2 fully saturated rings. The Labute approximate surface area is 186 Å². The van der Waals surface area contributed by atoms with Crippen LogP contribution in [0.2, 0.25) is 0 Å². The van der Waals surface area contributed by atoms with Gasteiger partial charge in [0.05, 0.1) is 17.8 Å². The van der Waals surface area contributed by atoms with Crippen molar-refractivity contribution in [3.63, 3.8) is 0 Å². The Morgan fingerprint density at radius 1 is 1.12 bits per heavy atom. The van der Waals surface area contributed by atoms with Crippen LogP contribution in [0.25, 0.3) is 11.1 Å². The number of ether oxygens (including phenoxy) is 2. The molecule has 0 saturated carbocycles. The second-order valence-electron chi connectivity index (χ2n) is 7.60. The van der Waals surface area contributed by atoms with E-state index in [0.717, 1.165) is 23.5 Å². The third kappa shape index (κ3) is 4.09. The lowest BCUT2D eigenvalue weighted by atomic mass is 10.1. The molecule has 2 aliphatic heterocycles. The highest BCUT2D eigenvalue weighted by Gasteiger charge is 2.34. The van der Waals surface area contributed by atoms with Crippen molar-refractivity contribution >= 4 is 23.5 Å². The van der Waals surface area contributed by atoms with Crippen molar-refractivity contribution in [3.05, 3.63) is 54.4 Å². The fourth-order valence-corrected chi connectivity index (χ4v) is 3.85. The van der Waals surface area contributed by atoms with E-state index in [4.69, 9.17) is 9.47 Å². The van der Waals surface area contributed by atoms with Gasteiger partial charge in [0.1, 0.15) is 30.3 Å². The van der Waals surface area contributed by atoms with Crippen LogP contribution in [0.1, 0.15) is 12.8 Å². The number of carbonyl (C=O) groups is 2. The first-order valence-corrected chi connectivity index (χ1v) is 10.3. The molecule has 2 aromatic heterocycles. The monoisotopic (exact) mass is 456 g/mol. The summed E-state index contributed by atoms with van der Waals surface area (Å²) in [6.45, 7) is 0.629. The van der Waals surface area contributed by atoms with Gasteiger partial charge in [-0.05, 0) is 35.8 Å². The standard InChI is InChI=1S/C22H18F2N4O5/c23-16-8-14(28-11-15(33-22(28)30)12-31-19-5-7-32-26-19)9-17(24)21(16)13-3-4-18(25-10-13)27-6-1-2-20(27)29/h3-5,7-10,15H,1-2,6,11-12H2. The zero-order chi connectivity index (χ0) is 22.9. The second-order valence-corrected chi connectivity index (χ2v) is 7.60. The molecule has 0 bridgehead atoms. The summed E-state index contributed by atoms with van der Waals surface area (Å²) in [5, 5.41) is 3.59. The molecule has 2 aliphatic rings. The van der Waals surface area contributed by atoms with Crippen molar-refractivity contribution in [2.24, 2.45) is 0 Å². The van der Waals surface area contributed by atoms with Crippen molar-refractivity contribution in [1.82, 2.24) is 10.1 Å². The van der Waals surface area contributed by atoms with Gasteiger partial charge in [-0.25, -0.2) is 18.6 Å². The molecule has 1 aromatic carbocycles. The van der Waals surface area contributed by atoms with E-state index in [0.29, 0.717) is 18.8 Å². The Morgan fingerprint density at radius 2 is 1.94 bits per heavy atom. The molecule has 0 N–H and O–H groups in total. The largest absolute Gasteiger partial charge is 0.471 e. The lowest BCUT2D eigenvalue weighted by molar-refractivity contribution is -0.117. The highest BCUT2D eigenvalue weighted by Crippen LogP contribution is 2.32. The van der Waals surface area contributed by atoms with Gasteiger partial charge in [-0.1, -0.05) is 0 Å². The first-order chi connectivity index (χ1) is 16.0. The van der Waals surface area contributed by atoms with Gasteiger partial charge in [0.25, 0.3) is 5.88 Å². The number of hydrogen-bond donors (Lipinski definition) is 0. The van der Waals surface area contributed by atoms with Crippen molar-refractivity contribution < 1.29 is 32.4 Å². The third-order valence-corrected chi connectivity index (χ3v) is 5.43. The first kappa shape index (κ1) is 20.9. The molecule has 2 saturated heterocycles. The number of rotatable bonds is 6. The Morgan fingerprint density at radius 3 is 2.58 bits per heavy atom. The van der Waals surface area contributed by atoms with Gasteiger partial charge in [-0.15, -0.1) is 0 Å². The number of carbonyl (C=O) groups excluding carboxylic acids is 2. The fraction of sp³-hybridized carbons (Fsp3) is 0.273. The molecule has 5 rings (SSSR count). The maximum Gasteiger partial charge on any atom is 0.414 e. The van der Waals surface area contributed by atoms with Gasteiger partial charge in [0.2, 0.25) is 5.91 Å². The maximum atomic E-state index is 14.9. The van der Waals surface area contributed by atoms with Crippen LogP contribution in [0.5, 0.6) is 5.88 Å². The van der Waals surface area contributed by atoms with E-state index in [1.54, 1.807) is 11.0 Å². The Kier molecular flexibility index (Phi) is 5.37. The Bertz CT molecular complexity index is 1160. The van der Waals surface area contributed by atoms with Crippen molar-refractivity contribution in [2.45, 2.75) is 18.9 Å². The van der Waals surface area contributed by atoms with Crippen LogP contribution in [0, 0.1) is 11.6 Å². The van der Waals surface area contributed by atoms with Gasteiger partial charge in [0, 0.05) is 30.8 Å². The van der Waals surface area contributed by atoms with Crippen LogP contribution < -0.4 is 14.5 Å². The molecular formula is C22H18F2N4O5. The van der Waals surface area contributed by atoms with Gasteiger partial charge in [0.15, 0.2) is 6.10 Å². The molecule has 0 spiro atoms. The summed E-state index contributed by atoms with van der Waals surface area (Å²) in [5.41, 5.74) is -0.0335. The number of halogens is 2. The molecule has 0 radical (unpaired) electrons. The number of cyclic esters (lactones) is 1. The zero-order valence-corrected chi connectivity index (χ0v) is 17.2. The van der Waals surface area contributed by atoms with Crippen LogP contribution >= 0.6 is 0 Å². The molecular weight excluding hydrogens is 438 g/mol. The lowest BCUT2D eigenvalue weighted by Gasteiger charge is -2.16. The number of aromatic nitrogens is 2. The third-order valence-electron chi connectivity index (χ3n) is 5.43. The average molecular weight is 456 g/mol. The normalized spacial score (nSPS) is 18.2. The summed E-state index contributed by atoms with van der Waals surface area (Å²) in [4.78, 5) is 31.0. The molecule has 9 nitrogen and oxygen atoms in total. The maximum absolute atomic E-state index is 14.9. The van der Waals surface area contributed by atoms with Crippen LogP contribution in [0.3, 0.4) is 0 Å². The molecule has 33 heavy (non-hydrogen) atoms. The number of amides is 2. The van der Waals surface area contributed by atoms with E-state index in [1.807, 2.05) is 0 Å². The summed E-state index contributed by atoms with van der Waals surface area (Å²) >= 11 is 0. The van der Waals surface area contributed by atoms with E-state index in [2.05, 4.69) is 14.7 Å². The van der Waals surface area contributed by atoms with E-state index in [9.17, 15) is 18.4 Å². The minimum absolute atomic E-state index is 0.00929. The number of nitrogens with zero attached hydrogens (tertiary/aromatic N) is 4. The molecule has 1 unspecified atom stereocenters. The Balaban J connectivity index is 1.32. The predicted molar refractivity (Wildman–Crippen MR) is 111 cm³/mol. The highest BCUT2D eigenvalue weighted by molar-refractivity contribution is 5.94. The number of benzene rings is 1. The number of anilines is 2. The smallest absolute Gasteiger partial charge is 0.414 e. The van der Waals surface area contributed by atoms with E-state index in [-0.39, 0.29) is 41.8 Å². The van der Waals surface area contributed by atoms with Gasteiger partial charge in [-0.2, -0.15) is 0 Å². The highest BCUT2D eigenvalue weighted by atomic mass is 19.1.